The maximum Gasteiger partial charge on any atom is 0.119 e. The smallest absolute Gasteiger partial charge is 0.119 e. The molecule has 0 aliphatic heterocycles. The summed E-state index contributed by atoms with van der Waals surface area (Å²) in [5.74, 6) is 0.905. The molecular formula is C28H28ClN2O+. The number of quaternary nitrogens is 1. The van der Waals surface area contributed by atoms with Crippen molar-refractivity contribution < 1.29 is 9.22 Å². The lowest BCUT2D eigenvalue weighted by molar-refractivity contribution is -0.870. The van der Waals surface area contributed by atoms with Crippen molar-refractivity contribution in [2.24, 2.45) is 0 Å². The summed E-state index contributed by atoms with van der Waals surface area (Å²) < 4.78 is 6.93. The molecule has 0 saturated carbocycles. The highest BCUT2D eigenvalue weighted by atomic mass is 35.5. The summed E-state index contributed by atoms with van der Waals surface area (Å²) >= 11 is 6.36. The van der Waals surface area contributed by atoms with E-state index in [2.05, 4.69) is 69.7 Å². The molecule has 3 nitrogen and oxygen atoms in total. The maximum atomic E-state index is 6.36. The molecule has 0 amide bonds. The Hall–Kier alpha value is -2.88. The quantitative estimate of drug-likeness (QED) is 0.218. The average Bonchev–Trinajstić information content (AvgIpc) is 3.16. The fraction of sp³-hybridized carbons (Fsp3) is 0.250. The molecule has 0 N–H and O–H groups in total. The summed E-state index contributed by atoms with van der Waals surface area (Å²) in [4.78, 5) is 5.07. The number of hydrogen-bond acceptors (Lipinski definition) is 2. The van der Waals surface area contributed by atoms with Crippen LogP contribution in [0.5, 0.6) is 5.75 Å². The van der Waals surface area contributed by atoms with Gasteiger partial charge in [-0.2, -0.15) is 0 Å². The van der Waals surface area contributed by atoms with Crippen molar-refractivity contribution in [3.05, 3.63) is 82.9 Å². The zero-order valence-electron chi connectivity index (χ0n) is 18.9. The Kier molecular flexibility index (Phi) is 5.40. The number of ether oxygens (including phenoxy) is 1. The lowest BCUT2D eigenvalue weighted by Crippen LogP contribution is -2.35. The molecule has 4 aromatic rings. The van der Waals surface area contributed by atoms with Crippen molar-refractivity contribution in [3.8, 4) is 28.1 Å². The molecule has 0 atom stereocenters. The first-order valence-corrected chi connectivity index (χ1v) is 11.5. The Labute approximate surface area is 194 Å². The van der Waals surface area contributed by atoms with Crippen molar-refractivity contribution in [1.29, 1.82) is 0 Å². The van der Waals surface area contributed by atoms with Crippen LogP contribution in [0.3, 0.4) is 0 Å². The Bertz CT molecular complexity index is 1290. The minimum atomic E-state index is 0.731. The predicted octanol–water partition coefficient (Wildman–Crippen LogP) is 6.60. The van der Waals surface area contributed by atoms with Crippen molar-refractivity contribution in [3.63, 3.8) is 0 Å². The van der Waals surface area contributed by atoms with E-state index in [0.717, 1.165) is 63.4 Å². The molecule has 1 heterocycles. The summed E-state index contributed by atoms with van der Waals surface area (Å²) in [5, 5.41) is 1.86. The predicted molar refractivity (Wildman–Crippen MR) is 133 cm³/mol. The van der Waals surface area contributed by atoms with Gasteiger partial charge in [0.2, 0.25) is 0 Å². The molecule has 1 aromatic heterocycles. The third-order valence-corrected chi connectivity index (χ3v) is 6.31. The van der Waals surface area contributed by atoms with Crippen molar-refractivity contribution in [2.45, 2.75) is 12.8 Å². The molecule has 1 aliphatic carbocycles. The van der Waals surface area contributed by atoms with Crippen LogP contribution in [0.25, 0.3) is 33.3 Å². The van der Waals surface area contributed by atoms with Crippen LogP contribution in [0, 0.1) is 0 Å². The lowest BCUT2D eigenvalue weighted by atomic mass is 9.97. The van der Waals surface area contributed by atoms with Crippen molar-refractivity contribution in [2.75, 3.05) is 34.3 Å². The van der Waals surface area contributed by atoms with Gasteiger partial charge in [0.15, 0.2) is 0 Å². The van der Waals surface area contributed by atoms with Crippen LogP contribution in [0.2, 0.25) is 5.02 Å². The first kappa shape index (κ1) is 21.0. The van der Waals surface area contributed by atoms with Gasteiger partial charge in [-0.25, -0.2) is 4.98 Å². The van der Waals surface area contributed by atoms with Crippen LogP contribution >= 0.6 is 11.6 Å². The standard InChI is InChI=1S/C28H28ClN2O/c1-31(2,3)15-6-16-32-22-12-9-19(10-13-22)28-25-17-20-7-4-5-8-23(20)27(25)24-18-21(29)11-14-26(24)30-28/h4-5,7-14,18H,6,15-17H2,1-3H3/q+1. The first-order chi connectivity index (χ1) is 15.4. The number of aromatic nitrogens is 1. The average molecular weight is 444 g/mol. The number of fused-ring (bicyclic) bond motifs is 5. The van der Waals surface area contributed by atoms with E-state index >= 15 is 0 Å². The Morgan fingerprint density at radius 3 is 2.53 bits per heavy atom. The summed E-state index contributed by atoms with van der Waals surface area (Å²) in [7, 11) is 6.61. The molecule has 32 heavy (non-hydrogen) atoms. The topological polar surface area (TPSA) is 22.1 Å². The largest absolute Gasteiger partial charge is 0.493 e. The highest BCUT2D eigenvalue weighted by Crippen LogP contribution is 2.45. The van der Waals surface area contributed by atoms with Gasteiger partial charge < -0.3 is 9.22 Å². The normalized spacial score (nSPS) is 12.6. The number of rotatable bonds is 6. The summed E-state index contributed by atoms with van der Waals surface area (Å²) in [6.45, 7) is 1.82. The van der Waals surface area contributed by atoms with Gasteiger partial charge in [-0.1, -0.05) is 35.9 Å². The Morgan fingerprint density at radius 1 is 0.969 bits per heavy atom. The van der Waals surface area contributed by atoms with Crippen LogP contribution < -0.4 is 4.74 Å². The fourth-order valence-corrected chi connectivity index (χ4v) is 4.71. The third kappa shape index (κ3) is 4.11. The van der Waals surface area contributed by atoms with Gasteiger partial charge in [-0.3, -0.25) is 0 Å². The zero-order chi connectivity index (χ0) is 22.3. The van der Waals surface area contributed by atoms with Gasteiger partial charge in [0.05, 0.1) is 45.5 Å². The molecule has 162 valence electrons. The van der Waals surface area contributed by atoms with Crippen LogP contribution in [0.4, 0.5) is 0 Å². The maximum absolute atomic E-state index is 6.36. The van der Waals surface area contributed by atoms with E-state index in [1.165, 1.54) is 22.3 Å². The second kappa shape index (κ2) is 8.23. The molecule has 0 spiro atoms. The molecule has 4 heteroatoms. The number of hydrogen-bond donors (Lipinski definition) is 0. The SMILES string of the molecule is C[N+](C)(C)CCCOc1ccc(-c2nc3ccc(Cl)cc3c3c2Cc2ccccc2-3)cc1. The number of nitrogens with zero attached hydrogens (tertiary/aromatic N) is 2. The monoisotopic (exact) mass is 443 g/mol. The van der Waals surface area contributed by atoms with E-state index < -0.39 is 0 Å². The van der Waals surface area contributed by atoms with E-state index in [0.29, 0.717) is 0 Å². The first-order valence-electron chi connectivity index (χ1n) is 11.1. The van der Waals surface area contributed by atoms with Crippen LogP contribution in [-0.2, 0) is 6.42 Å². The van der Waals surface area contributed by atoms with Gasteiger partial charge in [0.25, 0.3) is 0 Å². The summed E-state index contributed by atoms with van der Waals surface area (Å²) in [5.41, 5.74) is 8.31. The van der Waals surface area contributed by atoms with Gasteiger partial charge in [0.1, 0.15) is 5.75 Å². The van der Waals surface area contributed by atoms with E-state index in [1.807, 2.05) is 18.2 Å². The van der Waals surface area contributed by atoms with E-state index in [4.69, 9.17) is 21.3 Å². The van der Waals surface area contributed by atoms with Crippen molar-refractivity contribution in [1.82, 2.24) is 4.98 Å². The molecule has 0 saturated heterocycles. The highest BCUT2D eigenvalue weighted by Gasteiger charge is 2.25. The van der Waals surface area contributed by atoms with E-state index in [9.17, 15) is 0 Å². The second-order valence-electron chi connectivity index (χ2n) is 9.55. The van der Waals surface area contributed by atoms with Crippen LogP contribution in [-0.4, -0.2) is 43.8 Å². The second-order valence-corrected chi connectivity index (χ2v) is 9.99. The van der Waals surface area contributed by atoms with Crippen molar-refractivity contribution >= 4 is 22.5 Å². The number of halogens is 1. The van der Waals surface area contributed by atoms with Gasteiger partial charge in [-0.15, -0.1) is 0 Å². The van der Waals surface area contributed by atoms with E-state index in [1.54, 1.807) is 0 Å². The molecule has 0 fully saturated rings. The molecule has 1 aliphatic rings. The molecule has 0 unspecified atom stereocenters. The van der Waals surface area contributed by atoms with Crippen LogP contribution in [0.1, 0.15) is 17.5 Å². The van der Waals surface area contributed by atoms with Crippen LogP contribution in [0.15, 0.2) is 66.7 Å². The lowest BCUT2D eigenvalue weighted by Gasteiger charge is -2.23. The molecular weight excluding hydrogens is 416 g/mol. The van der Waals surface area contributed by atoms with Gasteiger partial charge in [0, 0.05) is 28.8 Å². The Balaban J connectivity index is 1.49. The van der Waals surface area contributed by atoms with Gasteiger partial charge >= 0.3 is 0 Å². The minimum Gasteiger partial charge on any atom is -0.493 e. The molecule has 0 radical (unpaired) electrons. The number of pyridine rings is 1. The molecule has 5 rings (SSSR count). The molecule has 0 bridgehead atoms. The molecule has 3 aromatic carbocycles. The summed E-state index contributed by atoms with van der Waals surface area (Å²) in [6.07, 6.45) is 1.92. The summed E-state index contributed by atoms with van der Waals surface area (Å²) in [6, 6.07) is 23.0. The minimum absolute atomic E-state index is 0.731. The fourth-order valence-electron chi connectivity index (χ4n) is 4.54. The van der Waals surface area contributed by atoms with Gasteiger partial charge in [-0.05, 0) is 64.7 Å². The highest BCUT2D eigenvalue weighted by molar-refractivity contribution is 6.31. The zero-order valence-corrected chi connectivity index (χ0v) is 19.6. The van der Waals surface area contributed by atoms with E-state index in [-0.39, 0.29) is 0 Å². The number of benzene rings is 3. The Morgan fingerprint density at radius 2 is 1.75 bits per heavy atom. The third-order valence-electron chi connectivity index (χ3n) is 6.07.